The average molecular weight is 354 g/mol. The van der Waals surface area contributed by atoms with Crippen LogP contribution in [0.4, 0.5) is 0 Å². The molecule has 128 valence electrons. The fraction of sp³-hybridized carbons (Fsp3) is 0.294. The van der Waals surface area contributed by atoms with Crippen molar-refractivity contribution in [1.82, 2.24) is 20.1 Å². The summed E-state index contributed by atoms with van der Waals surface area (Å²) in [5, 5.41) is 8.08. The number of amides is 1. The molecule has 0 aromatic carbocycles. The lowest BCUT2D eigenvalue weighted by Gasteiger charge is -2.27. The van der Waals surface area contributed by atoms with Crippen LogP contribution in [0.2, 0.25) is 0 Å². The highest BCUT2D eigenvalue weighted by Gasteiger charge is 2.26. The van der Waals surface area contributed by atoms with Crippen molar-refractivity contribution in [2.45, 2.75) is 19.4 Å². The number of nitrogens with one attached hydrogen (secondary N) is 1. The molecule has 0 unspecified atom stereocenters. The molecule has 4 heterocycles. The number of hydrogen-bond donors (Lipinski definition) is 2. The van der Waals surface area contributed by atoms with Crippen LogP contribution in [-0.4, -0.2) is 43.5 Å². The Labute approximate surface area is 149 Å². The summed E-state index contributed by atoms with van der Waals surface area (Å²) in [7, 11) is 0. The molecule has 0 saturated heterocycles. The van der Waals surface area contributed by atoms with E-state index in [4.69, 9.17) is 5.73 Å². The van der Waals surface area contributed by atoms with Crippen molar-refractivity contribution in [3.63, 3.8) is 0 Å². The number of hydrogen-bond acceptors (Lipinski definition) is 6. The lowest BCUT2D eigenvalue weighted by Crippen LogP contribution is -2.36. The molecule has 2 aliphatic heterocycles. The topological polar surface area (TPSA) is 100 Å². The molecule has 0 spiro atoms. The molecule has 2 aromatic heterocycles. The van der Waals surface area contributed by atoms with Crippen LogP contribution >= 0.6 is 11.8 Å². The monoisotopic (exact) mass is 354 g/mol. The number of aliphatic imine (C=N–C) groups is 1. The average Bonchev–Trinajstić information content (AvgIpc) is 3.05. The maximum absolute atomic E-state index is 12.7. The Morgan fingerprint density at radius 2 is 2.20 bits per heavy atom. The maximum Gasteiger partial charge on any atom is 0.228 e. The summed E-state index contributed by atoms with van der Waals surface area (Å²) in [5.41, 5.74) is 10.6. The second-order valence-electron chi connectivity index (χ2n) is 5.96. The Bertz CT molecular complexity index is 857. The lowest BCUT2D eigenvalue weighted by molar-refractivity contribution is -0.131. The number of thioether (sulfide) groups is 1. The van der Waals surface area contributed by atoms with E-state index in [0.29, 0.717) is 24.7 Å². The molecule has 7 nitrogen and oxygen atoms in total. The molecule has 4 rings (SSSR count). The summed E-state index contributed by atoms with van der Waals surface area (Å²) < 4.78 is 0. The highest BCUT2D eigenvalue weighted by molar-refractivity contribution is 8.13. The minimum absolute atomic E-state index is 0.0715. The molecule has 0 saturated carbocycles. The van der Waals surface area contributed by atoms with Gasteiger partial charge in [0.05, 0.1) is 12.1 Å². The molecular formula is C17H18N6OS. The van der Waals surface area contributed by atoms with Crippen molar-refractivity contribution in [2.75, 3.05) is 12.3 Å². The zero-order valence-electron chi connectivity index (χ0n) is 13.6. The van der Waals surface area contributed by atoms with Crippen LogP contribution in [0.1, 0.15) is 17.7 Å². The number of H-pyrrole nitrogens is 1. The van der Waals surface area contributed by atoms with E-state index in [9.17, 15) is 4.79 Å². The third-order valence-corrected chi connectivity index (χ3v) is 5.10. The zero-order chi connectivity index (χ0) is 17.2. The van der Waals surface area contributed by atoms with Crippen molar-refractivity contribution >= 4 is 22.8 Å². The number of amidine groups is 1. The number of rotatable bonds is 3. The van der Waals surface area contributed by atoms with Gasteiger partial charge in [-0.3, -0.25) is 14.9 Å². The second kappa shape index (κ2) is 6.72. The van der Waals surface area contributed by atoms with Gasteiger partial charge in [0.1, 0.15) is 0 Å². The Morgan fingerprint density at radius 1 is 1.36 bits per heavy atom. The van der Waals surface area contributed by atoms with Crippen molar-refractivity contribution in [2.24, 2.45) is 10.7 Å². The van der Waals surface area contributed by atoms with E-state index in [1.807, 2.05) is 23.1 Å². The molecule has 0 fully saturated rings. The molecule has 2 aliphatic rings. The minimum atomic E-state index is 0.0715. The standard InChI is InChI=1S/C17H18N6OS/c18-17-20-12(4-8-25-17)9-15(24)23-7-3-14-13(10-23)16(22-21-14)11-1-5-19-6-2-11/h1-2,4-6H,3,7-10H2,(H2,18,20)(H,21,22). The fourth-order valence-electron chi connectivity index (χ4n) is 3.08. The van der Waals surface area contributed by atoms with Gasteiger partial charge in [0.2, 0.25) is 5.91 Å². The van der Waals surface area contributed by atoms with Gasteiger partial charge in [-0.1, -0.05) is 17.8 Å². The number of fused-ring (bicyclic) bond motifs is 1. The van der Waals surface area contributed by atoms with Gasteiger partial charge < -0.3 is 10.6 Å². The lowest BCUT2D eigenvalue weighted by atomic mass is 10.0. The quantitative estimate of drug-likeness (QED) is 0.874. The van der Waals surface area contributed by atoms with Crippen LogP contribution < -0.4 is 5.73 Å². The first-order valence-corrected chi connectivity index (χ1v) is 9.09. The maximum atomic E-state index is 12.7. The van der Waals surface area contributed by atoms with E-state index in [-0.39, 0.29) is 5.91 Å². The summed E-state index contributed by atoms with van der Waals surface area (Å²) in [5.74, 6) is 0.845. The van der Waals surface area contributed by atoms with Crippen LogP contribution in [0.25, 0.3) is 11.3 Å². The highest BCUT2D eigenvalue weighted by Crippen LogP contribution is 2.28. The molecular weight excluding hydrogens is 336 g/mol. The van der Waals surface area contributed by atoms with Gasteiger partial charge in [-0.15, -0.1) is 0 Å². The summed E-state index contributed by atoms with van der Waals surface area (Å²) in [4.78, 5) is 22.9. The van der Waals surface area contributed by atoms with Gasteiger partial charge >= 0.3 is 0 Å². The predicted octanol–water partition coefficient (Wildman–Crippen LogP) is 1.69. The Kier molecular flexibility index (Phi) is 4.27. The van der Waals surface area contributed by atoms with Crippen LogP contribution in [0.3, 0.4) is 0 Å². The van der Waals surface area contributed by atoms with Crippen LogP contribution in [-0.2, 0) is 17.8 Å². The number of nitrogens with two attached hydrogens (primary N) is 1. The first-order valence-electron chi connectivity index (χ1n) is 8.11. The molecule has 0 radical (unpaired) electrons. The molecule has 8 heteroatoms. The largest absolute Gasteiger partial charge is 0.378 e. The van der Waals surface area contributed by atoms with Crippen molar-refractivity contribution < 1.29 is 4.79 Å². The van der Waals surface area contributed by atoms with Crippen LogP contribution in [0.15, 0.2) is 41.3 Å². The Balaban J connectivity index is 1.52. The number of nitrogens with zero attached hydrogens (tertiary/aromatic N) is 4. The molecule has 0 aliphatic carbocycles. The molecule has 25 heavy (non-hydrogen) atoms. The van der Waals surface area contributed by atoms with Crippen molar-refractivity contribution in [3.8, 4) is 11.3 Å². The zero-order valence-corrected chi connectivity index (χ0v) is 14.4. The molecule has 3 N–H and O–H groups in total. The van der Waals surface area contributed by atoms with Gasteiger partial charge in [-0.05, 0) is 12.1 Å². The van der Waals surface area contributed by atoms with Crippen molar-refractivity contribution in [1.29, 1.82) is 0 Å². The van der Waals surface area contributed by atoms with Gasteiger partial charge in [0, 0.05) is 60.2 Å². The second-order valence-corrected chi connectivity index (χ2v) is 7.00. The van der Waals surface area contributed by atoms with E-state index < -0.39 is 0 Å². The number of carbonyl (C=O) groups excluding carboxylic acids is 1. The summed E-state index contributed by atoms with van der Waals surface area (Å²) in [6.07, 6.45) is 6.53. The van der Waals surface area contributed by atoms with Crippen LogP contribution in [0.5, 0.6) is 0 Å². The van der Waals surface area contributed by atoms with Gasteiger partial charge in [0.15, 0.2) is 5.17 Å². The summed E-state index contributed by atoms with van der Waals surface area (Å²) in [6, 6.07) is 3.86. The first kappa shape index (κ1) is 15.9. The molecule has 2 aromatic rings. The van der Waals surface area contributed by atoms with Gasteiger partial charge in [-0.2, -0.15) is 5.10 Å². The minimum Gasteiger partial charge on any atom is -0.378 e. The van der Waals surface area contributed by atoms with E-state index in [2.05, 4.69) is 20.2 Å². The summed E-state index contributed by atoms with van der Waals surface area (Å²) >= 11 is 1.48. The van der Waals surface area contributed by atoms with E-state index in [1.165, 1.54) is 11.8 Å². The Morgan fingerprint density at radius 3 is 3.00 bits per heavy atom. The third-order valence-electron chi connectivity index (χ3n) is 4.38. The van der Waals surface area contributed by atoms with Crippen molar-refractivity contribution in [3.05, 3.63) is 47.6 Å². The SMILES string of the molecule is NC1=NC(CC(=O)N2CCc3[nH]nc(-c4ccncc4)c3C2)=CCS1. The Hall–Kier alpha value is -2.61. The molecule has 1 amide bonds. The predicted molar refractivity (Wildman–Crippen MR) is 97.7 cm³/mol. The number of aromatic amines is 1. The molecule has 0 atom stereocenters. The van der Waals surface area contributed by atoms with E-state index in [0.717, 1.165) is 40.4 Å². The fourth-order valence-corrected chi connectivity index (χ4v) is 3.71. The number of aromatic nitrogens is 3. The van der Waals surface area contributed by atoms with Crippen LogP contribution in [0, 0.1) is 0 Å². The first-order chi connectivity index (χ1) is 12.2. The van der Waals surface area contributed by atoms with E-state index in [1.54, 1.807) is 12.4 Å². The summed E-state index contributed by atoms with van der Waals surface area (Å²) in [6.45, 7) is 1.24. The number of pyridine rings is 1. The smallest absolute Gasteiger partial charge is 0.228 e. The highest BCUT2D eigenvalue weighted by atomic mass is 32.2. The third kappa shape index (κ3) is 3.30. The normalized spacial score (nSPS) is 16.9. The molecule has 0 bridgehead atoms. The van der Waals surface area contributed by atoms with Gasteiger partial charge in [-0.25, -0.2) is 4.99 Å². The van der Waals surface area contributed by atoms with E-state index >= 15 is 0 Å². The van der Waals surface area contributed by atoms with Gasteiger partial charge in [0.25, 0.3) is 0 Å². The number of carbonyl (C=O) groups is 1.